The van der Waals surface area contributed by atoms with E-state index in [0.29, 0.717) is 12.1 Å². The van der Waals surface area contributed by atoms with Gasteiger partial charge in [0, 0.05) is 19.1 Å². The molecule has 0 spiro atoms. The van der Waals surface area contributed by atoms with Gasteiger partial charge in [-0.05, 0) is 20.0 Å². The molecule has 2 saturated heterocycles. The van der Waals surface area contributed by atoms with Crippen molar-refractivity contribution in [3.63, 3.8) is 0 Å². The molecule has 0 aromatic carbocycles. The first-order chi connectivity index (χ1) is 6.36. The number of hydrogen-bond donors (Lipinski definition) is 1. The zero-order valence-corrected chi connectivity index (χ0v) is 9.05. The van der Waals surface area contributed by atoms with Gasteiger partial charge in [0.2, 0.25) is 0 Å². The van der Waals surface area contributed by atoms with Gasteiger partial charge in [-0.15, -0.1) is 0 Å². The average molecular weight is 186 g/mol. The molecule has 0 aromatic heterocycles. The van der Waals surface area contributed by atoms with E-state index in [1.807, 2.05) is 13.8 Å². The van der Waals surface area contributed by atoms with Crippen molar-refractivity contribution in [2.24, 2.45) is 0 Å². The average Bonchev–Trinajstić information content (AvgIpc) is 2.21. The van der Waals surface area contributed by atoms with E-state index in [4.69, 9.17) is 4.74 Å². The molecule has 0 aliphatic carbocycles. The second kappa shape index (κ2) is 5.58. The lowest BCUT2D eigenvalue weighted by Crippen LogP contribution is -2.56. The number of morpholine rings is 1. The first-order valence-electron chi connectivity index (χ1n) is 5.40. The van der Waals surface area contributed by atoms with Crippen LogP contribution in [-0.4, -0.2) is 50.3 Å². The molecule has 2 atom stereocenters. The number of rotatable bonds is 0. The fourth-order valence-electron chi connectivity index (χ4n) is 1.93. The zero-order chi connectivity index (χ0) is 9.68. The van der Waals surface area contributed by atoms with Crippen LogP contribution < -0.4 is 5.32 Å². The van der Waals surface area contributed by atoms with Gasteiger partial charge in [0.15, 0.2) is 0 Å². The topological polar surface area (TPSA) is 24.5 Å². The highest BCUT2D eigenvalue weighted by Crippen LogP contribution is 2.14. The second-order valence-electron chi connectivity index (χ2n) is 3.52. The molecule has 1 N–H and O–H groups in total. The molecule has 3 nitrogen and oxygen atoms in total. The van der Waals surface area contributed by atoms with Crippen molar-refractivity contribution in [2.75, 3.05) is 33.3 Å². The lowest BCUT2D eigenvalue weighted by molar-refractivity contribution is -0.0417. The minimum absolute atomic E-state index is 0.447. The van der Waals surface area contributed by atoms with Gasteiger partial charge in [-0.3, -0.25) is 0 Å². The largest absolute Gasteiger partial charge is 0.374 e. The SMILES string of the molecule is CC.CN1CC[C@H]2NCCO[C@@H]2C1. The normalized spacial score (nSPS) is 34.4. The number of likely N-dealkylation sites (tertiary alicyclic amines) is 1. The Kier molecular flexibility index (Phi) is 4.70. The quantitative estimate of drug-likeness (QED) is 0.603. The summed E-state index contributed by atoms with van der Waals surface area (Å²) in [6.45, 7) is 8.22. The molecule has 2 aliphatic heterocycles. The molecule has 0 aromatic rings. The summed E-state index contributed by atoms with van der Waals surface area (Å²) in [6.07, 6.45) is 1.68. The van der Waals surface area contributed by atoms with Gasteiger partial charge in [-0.25, -0.2) is 0 Å². The van der Waals surface area contributed by atoms with Crippen molar-refractivity contribution in [1.82, 2.24) is 10.2 Å². The molecule has 0 saturated carbocycles. The number of nitrogens with zero attached hydrogens (tertiary/aromatic N) is 1. The summed E-state index contributed by atoms with van der Waals surface area (Å²) >= 11 is 0. The smallest absolute Gasteiger partial charge is 0.0855 e. The van der Waals surface area contributed by atoms with E-state index in [-0.39, 0.29) is 0 Å². The monoisotopic (exact) mass is 186 g/mol. The number of hydrogen-bond acceptors (Lipinski definition) is 3. The molecule has 78 valence electrons. The summed E-state index contributed by atoms with van der Waals surface area (Å²) in [5.41, 5.74) is 0. The molecule has 0 unspecified atom stereocenters. The van der Waals surface area contributed by atoms with Crippen LogP contribution >= 0.6 is 0 Å². The van der Waals surface area contributed by atoms with E-state index < -0.39 is 0 Å². The second-order valence-corrected chi connectivity index (χ2v) is 3.52. The van der Waals surface area contributed by atoms with Gasteiger partial charge in [0.05, 0.1) is 12.7 Å². The van der Waals surface area contributed by atoms with Gasteiger partial charge in [-0.2, -0.15) is 0 Å². The van der Waals surface area contributed by atoms with Crippen molar-refractivity contribution < 1.29 is 4.74 Å². The highest BCUT2D eigenvalue weighted by Gasteiger charge is 2.30. The van der Waals surface area contributed by atoms with Crippen molar-refractivity contribution >= 4 is 0 Å². The Labute approximate surface area is 81.4 Å². The first-order valence-corrected chi connectivity index (χ1v) is 5.40. The van der Waals surface area contributed by atoms with Gasteiger partial charge in [0.1, 0.15) is 0 Å². The summed E-state index contributed by atoms with van der Waals surface area (Å²) in [5, 5.41) is 3.49. The molecule has 2 aliphatic rings. The Balaban J connectivity index is 0.000000396. The van der Waals surface area contributed by atoms with Crippen LogP contribution in [0.4, 0.5) is 0 Å². The van der Waals surface area contributed by atoms with E-state index >= 15 is 0 Å². The molecular formula is C10H22N2O. The van der Waals surface area contributed by atoms with Crippen molar-refractivity contribution in [1.29, 1.82) is 0 Å². The maximum Gasteiger partial charge on any atom is 0.0855 e. The Bertz CT molecular complexity index is 141. The zero-order valence-electron chi connectivity index (χ0n) is 9.05. The van der Waals surface area contributed by atoms with Crippen LogP contribution in [0.5, 0.6) is 0 Å². The van der Waals surface area contributed by atoms with E-state index in [0.717, 1.165) is 19.7 Å². The maximum atomic E-state index is 5.65. The summed E-state index contributed by atoms with van der Waals surface area (Å²) in [5.74, 6) is 0. The maximum absolute atomic E-state index is 5.65. The molecular weight excluding hydrogens is 164 g/mol. The van der Waals surface area contributed by atoms with Crippen molar-refractivity contribution in [3.05, 3.63) is 0 Å². The van der Waals surface area contributed by atoms with E-state index in [1.54, 1.807) is 0 Å². The van der Waals surface area contributed by atoms with E-state index in [2.05, 4.69) is 17.3 Å². The van der Waals surface area contributed by atoms with Crippen LogP contribution in [0.1, 0.15) is 20.3 Å². The lowest BCUT2D eigenvalue weighted by atomic mass is 10.0. The molecule has 0 radical (unpaired) electrons. The molecule has 3 heteroatoms. The first kappa shape index (κ1) is 11.0. The highest BCUT2D eigenvalue weighted by molar-refractivity contribution is 4.87. The third kappa shape index (κ3) is 2.93. The van der Waals surface area contributed by atoms with Gasteiger partial charge >= 0.3 is 0 Å². The third-order valence-corrected chi connectivity index (χ3v) is 2.60. The standard InChI is InChI=1S/C8H16N2O.C2H6/c1-10-4-2-7-8(6-10)11-5-3-9-7;1-2/h7-9H,2-6H2,1H3;1-2H3/t7-,8-;/m1./s1. The molecule has 2 rings (SSSR count). The Morgan fingerprint density at radius 2 is 2.15 bits per heavy atom. The van der Waals surface area contributed by atoms with Gasteiger partial charge < -0.3 is 15.0 Å². The third-order valence-electron chi connectivity index (χ3n) is 2.60. The van der Waals surface area contributed by atoms with Crippen molar-refractivity contribution in [2.45, 2.75) is 32.4 Å². The molecule has 13 heavy (non-hydrogen) atoms. The summed E-state index contributed by atoms with van der Waals surface area (Å²) in [7, 11) is 2.16. The predicted molar refractivity (Wildman–Crippen MR) is 55.0 cm³/mol. The van der Waals surface area contributed by atoms with Crippen molar-refractivity contribution in [3.8, 4) is 0 Å². The minimum Gasteiger partial charge on any atom is -0.374 e. The lowest BCUT2D eigenvalue weighted by Gasteiger charge is -2.40. The highest BCUT2D eigenvalue weighted by atomic mass is 16.5. The van der Waals surface area contributed by atoms with Crippen LogP contribution in [0.25, 0.3) is 0 Å². The number of ether oxygens (including phenoxy) is 1. The fraction of sp³-hybridized carbons (Fsp3) is 1.00. The van der Waals surface area contributed by atoms with Crippen LogP contribution in [0.3, 0.4) is 0 Å². The van der Waals surface area contributed by atoms with Gasteiger partial charge in [0.25, 0.3) is 0 Å². The summed E-state index contributed by atoms with van der Waals surface area (Å²) in [4.78, 5) is 2.34. The van der Waals surface area contributed by atoms with Crippen LogP contribution in [0.15, 0.2) is 0 Å². The fourth-order valence-corrected chi connectivity index (χ4v) is 1.93. The predicted octanol–water partition coefficient (Wildman–Crippen LogP) is 0.705. The number of nitrogens with one attached hydrogen (secondary N) is 1. The van der Waals surface area contributed by atoms with E-state index in [1.165, 1.54) is 13.0 Å². The Morgan fingerprint density at radius 1 is 1.38 bits per heavy atom. The Hall–Kier alpha value is -0.120. The number of likely N-dealkylation sites (N-methyl/N-ethyl adjacent to an activating group) is 1. The van der Waals surface area contributed by atoms with Gasteiger partial charge in [-0.1, -0.05) is 13.8 Å². The summed E-state index contributed by atoms with van der Waals surface area (Å²) in [6, 6.07) is 0.625. The van der Waals surface area contributed by atoms with Crippen LogP contribution in [-0.2, 0) is 4.74 Å². The molecule has 0 amide bonds. The molecule has 0 bridgehead atoms. The number of fused-ring (bicyclic) bond motifs is 1. The molecule has 2 heterocycles. The Morgan fingerprint density at radius 3 is 2.92 bits per heavy atom. The summed E-state index contributed by atoms with van der Waals surface area (Å²) < 4.78 is 5.65. The van der Waals surface area contributed by atoms with Crippen LogP contribution in [0, 0.1) is 0 Å². The minimum atomic E-state index is 0.447. The van der Waals surface area contributed by atoms with Crippen LogP contribution in [0.2, 0.25) is 0 Å². The molecule has 2 fully saturated rings. The number of piperidine rings is 1. The van der Waals surface area contributed by atoms with E-state index in [9.17, 15) is 0 Å².